The molecule has 0 saturated heterocycles. The first-order chi connectivity index (χ1) is 9.33. The lowest BCUT2D eigenvalue weighted by Gasteiger charge is -2.15. The molecule has 3 N–H and O–H groups in total. The molecule has 0 saturated carbocycles. The van der Waals surface area contributed by atoms with Crippen LogP contribution in [0.3, 0.4) is 0 Å². The quantitative estimate of drug-likeness (QED) is 0.797. The van der Waals surface area contributed by atoms with Gasteiger partial charge in [0.05, 0.1) is 5.52 Å². The SMILES string of the molecule is CCCC(CCN)CNc1nnc2ccccc2n1. The summed E-state index contributed by atoms with van der Waals surface area (Å²) in [6.45, 7) is 3.77. The first-order valence-electron chi connectivity index (χ1n) is 6.87. The van der Waals surface area contributed by atoms with E-state index in [0.717, 1.165) is 30.5 Å². The summed E-state index contributed by atoms with van der Waals surface area (Å²) < 4.78 is 0. The van der Waals surface area contributed by atoms with Crippen molar-refractivity contribution < 1.29 is 0 Å². The summed E-state index contributed by atoms with van der Waals surface area (Å²) in [4.78, 5) is 4.45. The van der Waals surface area contributed by atoms with Gasteiger partial charge >= 0.3 is 0 Å². The fraction of sp³-hybridized carbons (Fsp3) is 0.500. The second kappa shape index (κ2) is 6.99. The van der Waals surface area contributed by atoms with E-state index in [-0.39, 0.29) is 0 Å². The number of aromatic nitrogens is 3. The third-order valence-electron chi connectivity index (χ3n) is 3.18. The zero-order valence-electron chi connectivity index (χ0n) is 11.3. The van der Waals surface area contributed by atoms with Gasteiger partial charge < -0.3 is 11.1 Å². The van der Waals surface area contributed by atoms with Gasteiger partial charge in [0.25, 0.3) is 0 Å². The van der Waals surface area contributed by atoms with Crippen LogP contribution >= 0.6 is 0 Å². The highest BCUT2D eigenvalue weighted by atomic mass is 15.2. The van der Waals surface area contributed by atoms with E-state index >= 15 is 0 Å². The van der Waals surface area contributed by atoms with Gasteiger partial charge in [-0.2, -0.15) is 0 Å². The zero-order valence-corrected chi connectivity index (χ0v) is 11.3. The highest BCUT2D eigenvalue weighted by Gasteiger charge is 2.08. The molecule has 0 aliphatic carbocycles. The Hall–Kier alpha value is -1.75. The molecule has 0 fully saturated rings. The van der Waals surface area contributed by atoms with Gasteiger partial charge in [0.15, 0.2) is 0 Å². The molecule has 0 amide bonds. The Morgan fingerprint density at radius 3 is 2.68 bits per heavy atom. The Morgan fingerprint density at radius 2 is 1.95 bits per heavy atom. The number of benzene rings is 1. The number of nitrogens with zero attached hydrogens (tertiary/aromatic N) is 3. The van der Waals surface area contributed by atoms with E-state index in [0.29, 0.717) is 11.9 Å². The van der Waals surface area contributed by atoms with Crippen molar-refractivity contribution in [3.63, 3.8) is 0 Å². The molecule has 1 heterocycles. The van der Waals surface area contributed by atoms with Crippen molar-refractivity contribution in [1.29, 1.82) is 0 Å². The molecule has 0 bridgehead atoms. The van der Waals surface area contributed by atoms with Gasteiger partial charge in [-0.3, -0.25) is 0 Å². The van der Waals surface area contributed by atoms with Crippen molar-refractivity contribution in [3.05, 3.63) is 24.3 Å². The number of rotatable bonds is 7. The average molecular weight is 259 g/mol. The number of fused-ring (bicyclic) bond motifs is 1. The molecule has 0 aliphatic rings. The molecule has 0 spiro atoms. The van der Waals surface area contributed by atoms with E-state index in [2.05, 4.69) is 27.4 Å². The Balaban J connectivity index is 2.00. The van der Waals surface area contributed by atoms with E-state index in [1.807, 2.05) is 24.3 Å². The van der Waals surface area contributed by atoms with Crippen LogP contribution in [0, 0.1) is 5.92 Å². The smallest absolute Gasteiger partial charge is 0.243 e. The Kier molecular flexibility index (Phi) is 5.03. The number of para-hydroxylation sites is 1. The molecule has 19 heavy (non-hydrogen) atoms. The summed E-state index contributed by atoms with van der Waals surface area (Å²) in [6.07, 6.45) is 3.37. The Morgan fingerprint density at radius 1 is 1.16 bits per heavy atom. The first-order valence-corrected chi connectivity index (χ1v) is 6.87. The van der Waals surface area contributed by atoms with Gasteiger partial charge in [-0.05, 0) is 37.4 Å². The summed E-state index contributed by atoms with van der Waals surface area (Å²) in [5.74, 6) is 1.17. The zero-order chi connectivity index (χ0) is 13.5. The molecule has 1 aromatic heterocycles. The molecule has 0 radical (unpaired) electrons. The highest BCUT2D eigenvalue weighted by molar-refractivity contribution is 5.73. The van der Waals surface area contributed by atoms with Crippen LogP contribution in [0.5, 0.6) is 0 Å². The Labute approximate surface area is 113 Å². The third kappa shape index (κ3) is 3.86. The van der Waals surface area contributed by atoms with E-state index in [1.165, 1.54) is 12.8 Å². The van der Waals surface area contributed by atoms with Crippen LogP contribution < -0.4 is 11.1 Å². The lowest BCUT2D eigenvalue weighted by Crippen LogP contribution is -2.19. The van der Waals surface area contributed by atoms with Crippen molar-refractivity contribution in [2.24, 2.45) is 11.7 Å². The molecule has 1 atom stereocenters. The maximum Gasteiger partial charge on any atom is 0.243 e. The molecule has 1 aromatic carbocycles. The highest BCUT2D eigenvalue weighted by Crippen LogP contribution is 2.12. The van der Waals surface area contributed by atoms with Gasteiger partial charge in [-0.25, -0.2) is 4.98 Å². The summed E-state index contributed by atoms with van der Waals surface area (Å²) in [7, 11) is 0. The lowest BCUT2D eigenvalue weighted by molar-refractivity contribution is 0.472. The monoisotopic (exact) mass is 259 g/mol. The van der Waals surface area contributed by atoms with E-state index < -0.39 is 0 Å². The molecule has 2 aromatic rings. The maximum atomic E-state index is 5.63. The minimum atomic E-state index is 0.574. The summed E-state index contributed by atoms with van der Waals surface area (Å²) in [6, 6.07) is 7.74. The molecular weight excluding hydrogens is 238 g/mol. The van der Waals surface area contributed by atoms with Gasteiger partial charge in [-0.1, -0.05) is 25.5 Å². The fourth-order valence-electron chi connectivity index (χ4n) is 2.18. The van der Waals surface area contributed by atoms with Crippen LogP contribution in [0.1, 0.15) is 26.2 Å². The molecule has 102 valence electrons. The van der Waals surface area contributed by atoms with Crippen molar-refractivity contribution >= 4 is 17.0 Å². The van der Waals surface area contributed by atoms with Crippen molar-refractivity contribution in [1.82, 2.24) is 15.2 Å². The minimum Gasteiger partial charge on any atom is -0.353 e. The number of hydrogen-bond acceptors (Lipinski definition) is 5. The van der Waals surface area contributed by atoms with Crippen LogP contribution in [-0.2, 0) is 0 Å². The minimum absolute atomic E-state index is 0.574. The standard InChI is InChI=1S/C14H21N5/c1-2-5-11(8-9-15)10-16-14-17-12-6-3-4-7-13(12)18-19-14/h3-4,6-7,11H,2,5,8-10,15H2,1H3,(H,16,17,19). The molecule has 2 rings (SSSR count). The molecule has 5 nitrogen and oxygen atoms in total. The summed E-state index contributed by atoms with van der Waals surface area (Å²) >= 11 is 0. The van der Waals surface area contributed by atoms with Gasteiger partial charge in [0.1, 0.15) is 5.52 Å². The third-order valence-corrected chi connectivity index (χ3v) is 3.18. The maximum absolute atomic E-state index is 5.63. The first kappa shape index (κ1) is 13.7. The fourth-order valence-corrected chi connectivity index (χ4v) is 2.18. The van der Waals surface area contributed by atoms with Crippen molar-refractivity contribution in [2.75, 3.05) is 18.4 Å². The lowest BCUT2D eigenvalue weighted by atomic mass is 10.00. The van der Waals surface area contributed by atoms with Crippen LogP contribution in [-0.4, -0.2) is 28.3 Å². The van der Waals surface area contributed by atoms with E-state index in [4.69, 9.17) is 5.73 Å². The number of anilines is 1. The van der Waals surface area contributed by atoms with Crippen LogP contribution in [0.4, 0.5) is 5.95 Å². The normalized spacial score (nSPS) is 12.5. The summed E-state index contributed by atoms with van der Waals surface area (Å²) in [5.41, 5.74) is 7.32. The number of hydrogen-bond donors (Lipinski definition) is 2. The second-order valence-corrected chi connectivity index (χ2v) is 4.74. The largest absolute Gasteiger partial charge is 0.353 e. The van der Waals surface area contributed by atoms with E-state index in [9.17, 15) is 0 Å². The van der Waals surface area contributed by atoms with Crippen molar-refractivity contribution in [3.8, 4) is 0 Å². The molecule has 0 aliphatic heterocycles. The predicted octanol–water partition coefficient (Wildman–Crippen LogP) is 2.20. The molecule has 1 unspecified atom stereocenters. The van der Waals surface area contributed by atoms with Crippen LogP contribution in [0.15, 0.2) is 24.3 Å². The van der Waals surface area contributed by atoms with Crippen molar-refractivity contribution in [2.45, 2.75) is 26.2 Å². The molecule has 5 heteroatoms. The van der Waals surface area contributed by atoms with Gasteiger partial charge in [-0.15, -0.1) is 10.2 Å². The Bertz CT molecular complexity index is 508. The van der Waals surface area contributed by atoms with Gasteiger partial charge in [0.2, 0.25) is 5.95 Å². The van der Waals surface area contributed by atoms with Crippen LogP contribution in [0.25, 0.3) is 11.0 Å². The van der Waals surface area contributed by atoms with E-state index in [1.54, 1.807) is 0 Å². The summed E-state index contributed by atoms with van der Waals surface area (Å²) in [5, 5.41) is 11.5. The topological polar surface area (TPSA) is 76.7 Å². The van der Waals surface area contributed by atoms with Gasteiger partial charge in [0, 0.05) is 6.54 Å². The predicted molar refractivity (Wildman–Crippen MR) is 77.9 cm³/mol. The van der Waals surface area contributed by atoms with Crippen LogP contribution in [0.2, 0.25) is 0 Å². The average Bonchev–Trinajstić information content (AvgIpc) is 2.45. The second-order valence-electron chi connectivity index (χ2n) is 4.74. The number of nitrogens with one attached hydrogen (secondary N) is 1. The molecular formula is C14H21N5. The number of nitrogens with two attached hydrogens (primary N) is 1.